The maximum Gasteiger partial charge on any atom is 0.135 e. The fraction of sp³-hybridized carbons (Fsp3) is 0.0870. The van der Waals surface area contributed by atoms with Gasteiger partial charge in [0.05, 0.1) is 28.8 Å². The zero-order chi connectivity index (χ0) is 20.2. The van der Waals surface area contributed by atoms with Gasteiger partial charge in [0.1, 0.15) is 17.0 Å². The number of rotatable bonds is 3. The largest absolute Gasteiger partial charge is 0.353 e. The minimum Gasteiger partial charge on any atom is -0.353 e. The lowest BCUT2D eigenvalue weighted by atomic mass is 10.0. The van der Waals surface area contributed by atoms with Crippen LogP contribution >= 0.6 is 11.3 Å². The number of benzene rings is 1. The van der Waals surface area contributed by atoms with Crippen molar-refractivity contribution in [3.63, 3.8) is 0 Å². The van der Waals surface area contributed by atoms with E-state index in [1.165, 1.54) is 16.5 Å². The SMILES string of the molecule is Cc1ncc(-c2ccc3[nH]nc(-c4cc5c(-c6ccsc6)cccc5[nH]4)c3n2)n1C. The van der Waals surface area contributed by atoms with Gasteiger partial charge in [-0.1, -0.05) is 12.1 Å². The molecule has 7 heteroatoms. The number of hydrogen-bond donors (Lipinski definition) is 2. The van der Waals surface area contributed by atoms with Gasteiger partial charge < -0.3 is 9.55 Å². The normalized spacial score (nSPS) is 11.7. The van der Waals surface area contributed by atoms with E-state index in [2.05, 4.69) is 61.3 Å². The van der Waals surface area contributed by atoms with Crippen LogP contribution in [0.25, 0.3) is 55.8 Å². The first-order chi connectivity index (χ1) is 14.7. The van der Waals surface area contributed by atoms with Gasteiger partial charge in [-0.25, -0.2) is 9.97 Å². The monoisotopic (exact) mass is 410 g/mol. The molecule has 2 N–H and O–H groups in total. The number of H-pyrrole nitrogens is 2. The van der Waals surface area contributed by atoms with Gasteiger partial charge in [0.2, 0.25) is 0 Å². The highest BCUT2D eigenvalue weighted by atomic mass is 32.1. The fourth-order valence-electron chi connectivity index (χ4n) is 3.92. The molecule has 146 valence electrons. The number of thiophene rings is 1. The summed E-state index contributed by atoms with van der Waals surface area (Å²) < 4.78 is 2.05. The van der Waals surface area contributed by atoms with Crippen LogP contribution in [0.4, 0.5) is 0 Å². The molecule has 0 aliphatic carbocycles. The number of aromatic nitrogens is 6. The van der Waals surface area contributed by atoms with Gasteiger partial charge in [-0.2, -0.15) is 16.4 Å². The smallest absolute Gasteiger partial charge is 0.135 e. The number of fused-ring (bicyclic) bond motifs is 2. The number of hydrogen-bond acceptors (Lipinski definition) is 4. The third-order valence-corrected chi connectivity index (χ3v) is 6.33. The van der Waals surface area contributed by atoms with E-state index in [1.807, 2.05) is 36.9 Å². The van der Waals surface area contributed by atoms with Crippen LogP contribution in [-0.2, 0) is 7.05 Å². The summed E-state index contributed by atoms with van der Waals surface area (Å²) in [5.41, 5.74) is 8.91. The predicted molar refractivity (Wildman–Crippen MR) is 121 cm³/mol. The van der Waals surface area contributed by atoms with E-state index >= 15 is 0 Å². The van der Waals surface area contributed by atoms with Crippen molar-refractivity contribution in [1.29, 1.82) is 0 Å². The molecular formula is C23H18N6S. The van der Waals surface area contributed by atoms with Crippen LogP contribution in [0.5, 0.6) is 0 Å². The van der Waals surface area contributed by atoms with Crippen LogP contribution in [0.2, 0.25) is 0 Å². The maximum absolute atomic E-state index is 4.93. The molecule has 0 saturated heterocycles. The average Bonchev–Trinajstić information content (AvgIpc) is 3.54. The van der Waals surface area contributed by atoms with Crippen LogP contribution in [0, 0.1) is 6.92 Å². The van der Waals surface area contributed by atoms with Crippen molar-refractivity contribution < 1.29 is 0 Å². The predicted octanol–water partition coefficient (Wildman–Crippen LogP) is 5.54. The summed E-state index contributed by atoms with van der Waals surface area (Å²) in [6, 6.07) is 14.7. The summed E-state index contributed by atoms with van der Waals surface area (Å²) in [5, 5.41) is 13.2. The molecule has 0 saturated carbocycles. The number of nitrogens with one attached hydrogen (secondary N) is 2. The van der Waals surface area contributed by atoms with Gasteiger partial charge in [-0.15, -0.1) is 0 Å². The lowest BCUT2D eigenvalue weighted by molar-refractivity contribution is 0.862. The molecular weight excluding hydrogens is 392 g/mol. The first-order valence-corrected chi connectivity index (χ1v) is 10.6. The van der Waals surface area contributed by atoms with Crippen molar-refractivity contribution in [2.24, 2.45) is 7.05 Å². The average molecular weight is 411 g/mol. The minimum absolute atomic E-state index is 0.818. The molecule has 6 nitrogen and oxygen atoms in total. The van der Waals surface area contributed by atoms with Crippen molar-refractivity contribution in [3.8, 4) is 33.9 Å². The van der Waals surface area contributed by atoms with E-state index in [0.29, 0.717) is 0 Å². The van der Waals surface area contributed by atoms with Gasteiger partial charge in [-0.3, -0.25) is 5.10 Å². The molecule has 1 aromatic carbocycles. The Kier molecular flexibility index (Phi) is 3.66. The Morgan fingerprint density at radius 2 is 2.00 bits per heavy atom. The van der Waals surface area contributed by atoms with E-state index in [0.717, 1.165) is 45.2 Å². The molecule has 0 bridgehead atoms. The second kappa shape index (κ2) is 6.40. The number of aryl methyl sites for hydroxylation is 1. The quantitative estimate of drug-likeness (QED) is 0.402. The second-order valence-corrected chi connectivity index (χ2v) is 8.16. The van der Waals surface area contributed by atoms with Gasteiger partial charge in [0.15, 0.2) is 0 Å². The topological polar surface area (TPSA) is 75.2 Å². The molecule has 5 aromatic heterocycles. The lowest BCUT2D eigenvalue weighted by Gasteiger charge is -2.03. The molecule has 0 aliphatic rings. The molecule has 0 spiro atoms. The van der Waals surface area contributed by atoms with Crippen molar-refractivity contribution in [1.82, 2.24) is 29.7 Å². The zero-order valence-corrected chi connectivity index (χ0v) is 17.3. The van der Waals surface area contributed by atoms with Crippen LogP contribution in [0.3, 0.4) is 0 Å². The highest BCUT2D eigenvalue weighted by Crippen LogP contribution is 2.34. The van der Waals surface area contributed by atoms with E-state index in [-0.39, 0.29) is 0 Å². The van der Waals surface area contributed by atoms with E-state index < -0.39 is 0 Å². The maximum atomic E-state index is 4.93. The Balaban J connectivity index is 1.53. The van der Waals surface area contributed by atoms with Crippen LogP contribution in [-0.4, -0.2) is 29.7 Å². The molecule has 0 unspecified atom stereocenters. The highest BCUT2D eigenvalue weighted by molar-refractivity contribution is 7.08. The minimum atomic E-state index is 0.818. The first-order valence-electron chi connectivity index (χ1n) is 9.67. The van der Waals surface area contributed by atoms with Crippen LogP contribution < -0.4 is 0 Å². The Labute approximate surface area is 176 Å². The Morgan fingerprint density at radius 3 is 2.80 bits per heavy atom. The highest BCUT2D eigenvalue weighted by Gasteiger charge is 2.16. The van der Waals surface area contributed by atoms with Crippen LogP contribution in [0.1, 0.15) is 5.82 Å². The molecule has 0 amide bonds. The number of nitrogens with zero attached hydrogens (tertiary/aromatic N) is 4. The summed E-state index contributed by atoms with van der Waals surface area (Å²) in [7, 11) is 2.00. The van der Waals surface area contributed by atoms with Crippen molar-refractivity contribution in [2.45, 2.75) is 6.92 Å². The van der Waals surface area contributed by atoms with Crippen molar-refractivity contribution in [3.05, 3.63) is 65.2 Å². The molecule has 0 fully saturated rings. The third-order valence-electron chi connectivity index (χ3n) is 5.64. The Bertz CT molecular complexity index is 1520. The second-order valence-electron chi connectivity index (χ2n) is 7.38. The molecule has 0 atom stereocenters. The standard InChI is InChI=1S/C23H18N6S/c1-13-24-11-21(29(13)2)18-6-7-19-22(26-18)23(28-27-19)20-10-16-15(14-8-9-30-12-14)4-3-5-17(16)25-20/h3-12,25H,1-2H3,(H,27,28). The molecule has 0 aliphatic heterocycles. The summed E-state index contributed by atoms with van der Waals surface area (Å²) in [5.74, 6) is 0.955. The summed E-state index contributed by atoms with van der Waals surface area (Å²) in [4.78, 5) is 12.9. The third kappa shape index (κ3) is 2.52. The zero-order valence-electron chi connectivity index (χ0n) is 16.5. The Hall–Kier alpha value is -3.71. The van der Waals surface area contributed by atoms with Gasteiger partial charge in [0.25, 0.3) is 0 Å². The molecule has 30 heavy (non-hydrogen) atoms. The summed E-state index contributed by atoms with van der Waals surface area (Å²) in [6.45, 7) is 1.99. The molecule has 5 heterocycles. The van der Waals surface area contributed by atoms with Gasteiger partial charge in [-0.05, 0) is 59.1 Å². The van der Waals surface area contributed by atoms with E-state index in [1.54, 1.807) is 11.3 Å². The summed E-state index contributed by atoms with van der Waals surface area (Å²) in [6.07, 6.45) is 1.86. The first kappa shape index (κ1) is 17.2. The lowest BCUT2D eigenvalue weighted by Crippen LogP contribution is -1.96. The van der Waals surface area contributed by atoms with Crippen LogP contribution in [0.15, 0.2) is 59.4 Å². The summed E-state index contributed by atoms with van der Waals surface area (Å²) >= 11 is 1.71. The van der Waals surface area contributed by atoms with E-state index in [4.69, 9.17) is 4.98 Å². The number of aromatic amines is 2. The fourth-order valence-corrected chi connectivity index (χ4v) is 4.58. The van der Waals surface area contributed by atoms with Crippen molar-refractivity contribution >= 4 is 33.3 Å². The van der Waals surface area contributed by atoms with Crippen molar-refractivity contribution in [2.75, 3.05) is 0 Å². The molecule has 0 radical (unpaired) electrons. The van der Waals surface area contributed by atoms with E-state index in [9.17, 15) is 0 Å². The number of imidazole rings is 1. The Morgan fingerprint density at radius 1 is 1.07 bits per heavy atom. The van der Waals surface area contributed by atoms with Gasteiger partial charge in [0, 0.05) is 18.0 Å². The molecule has 6 rings (SSSR count). The molecule has 6 aromatic rings. The number of pyridine rings is 1. The van der Waals surface area contributed by atoms with Gasteiger partial charge >= 0.3 is 0 Å².